The number of carbonyl (C=O) groups excluding carboxylic acids is 1. The van der Waals surface area contributed by atoms with E-state index in [2.05, 4.69) is 21.2 Å². The van der Waals surface area contributed by atoms with Crippen molar-refractivity contribution in [2.24, 2.45) is 0 Å². The Morgan fingerprint density at radius 1 is 1.44 bits per heavy atom. The van der Waals surface area contributed by atoms with Crippen LogP contribution < -0.4 is 10.1 Å². The van der Waals surface area contributed by atoms with Gasteiger partial charge < -0.3 is 10.1 Å². The highest BCUT2D eigenvalue weighted by molar-refractivity contribution is 9.10. The van der Waals surface area contributed by atoms with Crippen LogP contribution in [-0.4, -0.2) is 18.6 Å². The highest BCUT2D eigenvalue weighted by Crippen LogP contribution is 2.31. The van der Waals surface area contributed by atoms with Gasteiger partial charge in [-0.1, -0.05) is 15.9 Å². The average molecular weight is 335 g/mol. The van der Waals surface area contributed by atoms with Gasteiger partial charge in [0.2, 0.25) is 5.91 Å². The van der Waals surface area contributed by atoms with Gasteiger partial charge in [0.15, 0.2) is 0 Å². The van der Waals surface area contributed by atoms with Crippen LogP contribution >= 0.6 is 27.5 Å². The van der Waals surface area contributed by atoms with Crippen LogP contribution in [0.1, 0.15) is 31.7 Å². The molecule has 0 saturated heterocycles. The van der Waals surface area contributed by atoms with Gasteiger partial charge in [-0.15, -0.1) is 11.6 Å². The maximum absolute atomic E-state index is 12.0. The van der Waals surface area contributed by atoms with Crippen LogP contribution in [0.3, 0.4) is 0 Å². The predicted molar refractivity (Wildman–Crippen MR) is 77.2 cm³/mol. The van der Waals surface area contributed by atoms with Crippen LogP contribution in [0.15, 0.2) is 22.7 Å². The lowest BCUT2D eigenvalue weighted by Crippen LogP contribution is -2.42. The summed E-state index contributed by atoms with van der Waals surface area (Å²) in [5, 5.41) is 2.09. The minimum Gasteiger partial charge on any atom is -0.497 e. The van der Waals surface area contributed by atoms with E-state index < -0.39 is 5.38 Å². The fourth-order valence-electron chi connectivity index (χ4n) is 1.42. The molecule has 1 atom stereocenters. The summed E-state index contributed by atoms with van der Waals surface area (Å²) in [4.78, 5) is 12.0. The number of hydrogen-bond donors (Lipinski definition) is 1. The molecule has 0 aromatic heterocycles. The summed E-state index contributed by atoms with van der Waals surface area (Å²) in [5.74, 6) is 0.445. The molecule has 1 amide bonds. The second kappa shape index (κ2) is 5.93. The third-order valence-corrected chi connectivity index (χ3v) is 3.36. The molecule has 1 N–H and O–H groups in total. The lowest BCUT2D eigenvalue weighted by molar-refractivity contribution is -0.122. The number of benzene rings is 1. The second-order valence-corrected chi connectivity index (χ2v) is 6.28. The lowest BCUT2D eigenvalue weighted by atomic mass is 10.1. The highest BCUT2D eigenvalue weighted by Gasteiger charge is 2.24. The van der Waals surface area contributed by atoms with Gasteiger partial charge in [0.05, 0.1) is 7.11 Å². The third kappa shape index (κ3) is 4.18. The van der Waals surface area contributed by atoms with Gasteiger partial charge in [0.25, 0.3) is 0 Å². The van der Waals surface area contributed by atoms with E-state index in [0.717, 1.165) is 4.47 Å². The molecule has 1 rings (SSSR count). The van der Waals surface area contributed by atoms with Gasteiger partial charge in [-0.05, 0) is 44.5 Å². The zero-order valence-corrected chi connectivity index (χ0v) is 13.2. The van der Waals surface area contributed by atoms with E-state index in [1.54, 1.807) is 19.2 Å². The molecule has 0 aliphatic heterocycles. The third-order valence-electron chi connectivity index (χ3n) is 2.20. The molecule has 0 aliphatic carbocycles. The van der Waals surface area contributed by atoms with E-state index >= 15 is 0 Å². The smallest absolute Gasteiger partial charge is 0.243 e. The lowest BCUT2D eigenvalue weighted by Gasteiger charge is -2.23. The minimum atomic E-state index is -0.756. The molecule has 0 spiro atoms. The number of ether oxygens (including phenoxy) is 1. The van der Waals surface area contributed by atoms with Gasteiger partial charge >= 0.3 is 0 Å². The van der Waals surface area contributed by atoms with Crippen molar-refractivity contribution in [3.63, 3.8) is 0 Å². The van der Waals surface area contributed by atoms with Crippen LogP contribution in [0.25, 0.3) is 0 Å². The van der Waals surface area contributed by atoms with E-state index in [1.807, 2.05) is 26.8 Å². The largest absolute Gasteiger partial charge is 0.497 e. The molecule has 5 heteroatoms. The Labute approximate surface area is 121 Å². The monoisotopic (exact) mass is 333 g/mol. The molecule has 0 saturated carbocycles. The van der Waals surface area contributed by atoms with Crippen LogP contribution in [0.5, 0.6) is 5.75 Å². The summed E-state index contributed by atoms with van der Waals surface area (Å²) in [7, 11) is 1.57. The molecule has 0 radical (unpaired) electrons. The van der Waals surface area contributed by atoms with Crippen molar-refractivity contribution in [1.82, 2.24) is 5.32 Å². The molecule has 1 aromatic carbocycles. The van der Waals surface area contributed by atoms with Gasteiger partial charge in [0, 0.05) is 10.0 Å². The summed E-state index contributed by atoms with van der Waals surface area (Å²) >= 11 is 9.59. The van der Waals surface area contributed by atoms with Crippen molar-refractivity contribution >= 4 is 33.4 Å². The average Bonchev–Trinajstić information content (AvgIpc) is 2.26. The SMILES string of the molecule is COc1ccc(Br)c(C(Cl)C(=O)NC(C)(C)C)c1. The standard InChI is InChI=1S/C13H17BrClNO2/c1-13(2,3)16-12(17)11(15)9-7-8(18-4)5-6-10(9)14/h5-7,11H,1-4H3,(H,16,17). The molecular formula is C13H17BrClNO2. The number of hydrogen-bond acceptors (Lipinski definition) is 2. The van der Waals surface area contributed by atoms with Crippen LogP contribution in [0.2, 0.25) is 0 Å². The first-order valence-corrected chi connectivity index (χ1v) is 6.77. The Morgan fingerprint density at radius 2 is 2.06 bits per heavy atom. The van der Waals surface area contributed by atoms with E-state index in [-0.39, 0.29) is 11.4 Å². The molecule has 18 heavy (non-hydrogen) atoms. The summed E-state index contributed by atoms with van der Waals surface area (Å²) in [5.41, 5.74) is 0.382. The number of rotatable bonds is 3. The van der Waals surface area contributed by atoms with Gasteiger partial charge in [-0.2, -0.15) is 0 Å². The predicted octanol–water partition coefficient (Wildman–Crippen LogP) is 3.65. The first-order chi connectivity index (χ1) is 8.24. The quantitative estimate of drug-likeness (QED) is 0.857. The van der Waals surface area contributed by atoms with Crippen LogP contribution in [0, 0.1) is 0 Å². The Morgan fingerprint density at radius 3 is 2.56 bits per heavy atom. The Kier molecular flexibility index (Phi) is 5.05. The molecule has 100 valence electrons. The number of carbonyl (C=O) groups is 1. The van der Waals surface area contributed by atoms with Crippen molar-refractivity contribution in [3.05, 3.63) is 28.2 Å². The fourth-order valence-corrected chi connectivity index (χ4v) is 2.26. The summed E-state index contributed by atoms with van der Waals surface area (Å²) in [6.45, 7) is 5.74. The summed E-state index contributed by atoms with van der Waals surface area (Å²) in [6.07, 6.45) is 0. The molecule has 0 bridgehead atoms. The van der Waals surface area contributed by atoms with E-state index in [0.29, 0.717) is 11.3 Å². The molecule has 1 unspecified atom stereocenters. The van der Waals surface area contributed by atoms with Crippen molar-refractivity contribution in [2.45, 2.75) is 31.7 Å². The number of nitrogens with one attached hydrogen (secondary N) is 1. The molecule has 1 aromatic rings. The molecular weight excluding hydrogens is 318 g/mol. The van der Waals surface area contributed by atoms with E-state index in [4.69, 9.17) is 16.3 Å². The number of halogens is 2. The summed E-state index contributed by atoms with van der Waals surface area (Å²) < 4.78 is 5.91. The Balaban J connectivity index is 2.96. The van der Waals surface area contributed by atoms with Gasteiger partial charge in [-0.3, -0.25) is 4.79 Å². The molecule has 3 nitrogen and oxygen atoms in total. The van der Waals surface area contributed by atoms with E-state index in [1.165, 1.54) is 0 Å². The minimum absolute atomic E-state index is 0.224. The van der Waals surface area contributed by atoms with Crippen molar-refractivity contribution in [2.75, 3.05) is 7.11 Å². The maximum atomic E-state index is 12.0. The zero-order valence-electron chi connectivity index (χ0n) is 10.9. The first-order valence-electron chi connectivity index (χ1n) is 5.54. The number of alkyl halides is 1. The van der Waals surface area contributed by atoms with Crippen molar-refractivity contribution in [1.29, 1.82) is 0 Å². The fraction of sp³-hybridized carbons (Fsp3) is 0.462. The van der Waals surface area contributed by atoms with Crippen molar-refractivity contribution < 1.29 is 9.53 Å². The maximum Gasteiger partial charge on any atom is 0.243 e. The number of amides is 1. The highest BCUT2D eigenvalue weighted by atomic mass is 79.9. The van der Waals surface area contributed by atoms with Gasteiger partial charge in [0.1, 0.15) is 11.1 Å². The van der Waals surface area contributed by atoms with Crippen LogP contribution in [0.4, 0.5) is 0 Å². The Bertz CT molecular complexity index is 443. The van der Waals surface area contributed by atoms with Crippen molar-refractivity contribution in [3.8, 4) is 5.75 Å². The van der Waals surface area contributed by atoms with Crippen LogP contribution in [-0.2, 0) is 4.79 Å². The van der Waals surface area contributed by atoms with Gasteiger partial charge in [-0.25, -0.2) is 0 Å². The number of methoxy groups -OCH3 is 1. The molecule has 0 fully saturated rings. The first kappa shape index (κ1) is 15.3. The normalized spacial score (nSPS) is 13.0. The molecule has 0 heterocycles. The summed E-state index contributed by atoms with van der Waals surface area (Å²) in [6, 6.07) is 5.37. The second-order valence-electron chi connectivity index (χ2n) is 4.99. The zero-order chi connectivity index (χ0) is 13.9. The molecule has 0 aliphatic rings. The topological polar surface area (TPSA) is 38.3 Å². The Hall–Kier alpha value is -0.740. The van der Waals surface area contributed by atoms with E-state index in [9.17, 15) is 4.79 Å².